The third-order valence-electron chi connectivity index (χ3n) is 3.71. The molecule has 122 valence electrons. The zero-order valence-corrected chi connectivity index (χ0v) is 13.6. The second-order valence-electron chi connectivity index (χ2n) is 5.31. The summed E-state index contributed by atoms with van der Waals surface area (Å²) in [5.74, 6) is 0.868. The number of ether oxygens (including phenoxy) is 1. The molecule has 3 aromatic rings. The van der Waals surface area contributed by atoms with Crippen molar-refractivity contribution in [1.29, 1.82) is 5.26 Å². The predicted molar refractivity (Wildman–Crippen MR) is 93.8 cm³/mol. The van der Waals surface area contributed by atoms with E-state index < -0.39 is 0 Å². The van der Waals surface area contributed by atoms with Crippen LogP contribution in [0.2, 0.25) is 0 Å². The van der Waals surface area contributed by atoms with Crippen LogP contribution in [0.1, 0.15) is 19.0 Å². The van der Waals surface area contributed by atoms with Crippen LogP contribution in [-0.4, -0.2) is 24.7 Å². The molecular formula is C19H19N3O2. The van der Waals surface area contributed by atoms with Gasteiger partial charge in [-0.1, -0.05) is 36.4 Å². The van der Waals surface area contributed by atoms with Gasteiger partial charge in [0.15, 0.2) is 0 Å². The smallest absolute Gasteiger partial charge is 0.232 e. The number of anilines is 1. The molecule has 0 saturated heterocycles. The first-order chi connectivity index (χ1) is 11.8. The lowest BCUT2D eigenvalue weighted by atomic mass is 10.0. The van der Waals surface area contributed by atoms with E-state index in [0.717, 1.165) is 22.8 Å². The van der Waals surface area contributed by atoms with E-state index in [1.165, 1.54) is 0 Å². The number of fused-ring (bicyclic) bond motifs is 1. The Hall–Kier alpha value is -2.84. The fourth-order valence-corrected chi connectivity index (χ4v) is 2.56. The van der Waals surface area contributed by atoms with Gasteiger partial charge in [-0.3, -0.25) is 0 Å². The van der Waals surface area contributed by atoms with Crippen molar-refractivity contribution >= 4 is 16.7 Å². The van der Waals surface area contributed by atoms with Crippen molar-refractivity contribution in [2.45, 2.75) is 13.3 Å². The first kappa shape index (κ1) is 16.0. The fraction of sp³-hybridized carbons (Fsp3) is 0.263. The largest absolute Gasteiger partial charge is 0.419 e. The maximum Gasteiger partial charge on any atom is 0.232 e. The Morgan fingerprint density at radius 2 is 2.04 bits per heavy atom. The Kier molecular flexibility index (Phi) is 5.09. The molecule has 3 rings (SSSR count). The number of nitriles is 1. The summed E-state index contributed by atoms with van der Waals surface area (Å²) in [6.45, 7) is 4.01. The molecule has 0 fully saturated rings. The average molecular weight is 321 g/mol. The van der Waals surface area contributed by atoms with E-state index >= 15 is 0 Å². The van der Waals surface area contributed by atoms with Crippen LogP contribution >= 0.6 is 0 Å². The molecule has 0 atom stereocenters. The summed E-state index contributed by atoms with van der Waals surface area (Å²) in [7, 11) is 0. The number of nitrogens with zero attached hydrogens (tertiary/aromatic N) is 2. The van der Waals surface area contributed by atoms with Crippen molar-refractivity contribution in [3.8, 4) is 17.5 Å². The van der Waals surface area contributed by atoms with Crippen molar-refractivity contribution < 1.29 is 9.15 Å². The van der Waals surface area contributed by atoms with Crippen LogP contribution in [0.25, 0.3) is 22.2 Å². The van der Waals surface area contributed by atoms with Gasteiger partial charge in [-0.2, -0.15) is 10.2 Å². The van der Waals surface area contributed by atoms with E-state index in [1.807, 2.05) is 49.4 Å². The van der Waals surface area contributed by atoms with Gasteiger partial charge < -0.3 is 14.5 Å². The highest BCUT2D eigenvalue weighted by molar-refractivity contribution is 5.94. The summed E-state index contributed by atoms with van der Waals surface area (Å²) in [6.07, 6.45) is 0.836. The van der Waals surface area contributed by atoms with E-state index in [0.29, 0.717) is 31.5 Å². The van der Waals surface area contributed by atoms with Gasteiger partial charge in [0.1, 0.15) is 6.07 Å². The van der Waals surface area contributed by atoms with E-state index in [4.69, 9.17) is 9.15 Å². The molecule has 24 heavy (non-hydrogen) atoms. The normalized spacial score (nSPS) is 10.7. The lowest BCUT2D eigenvalue weighted by Gasteiger charge is -2.04. The number of rotatable bonds is 7. The Morgan fingerprint density at radius 3 is 2.88 bits per heavy atom. The monoisotopic (exact) mass is 321 g/mol. The van der Waals surface area contributed by atoms with E-state index in [9.17, 15) is 5.26 Å². The highest BCUT2D eigenvalue weighted by atomic mass is 16.5. The van der Waals surface area contributed by atoms with Gasteiger partial charge in [0.25, 0.3) is 0 Å². The van der Waals surface area contributed by atoms with Crippen LogP contribution in [-0.2, 0) is 4.74 Å². The van der Waals surface area contributed by atoms with Crippen LogP contribution < -0.4 is 5.32 Å². The van der Waals surface area contributed by atoms with Crippen molar-refractivity contribution in [3.05, 3.63) is 48.2 Å². The SMILES string of the molecule is CCOCCCNc1oc(-c2cccc3ccccc23)nc1C#N. The quantitative estimate of drug-likeness (QED) is 0.660. The first-order valence-corrected chi connectivity index (χ1v) is 8.04. The third-order valence-corrected chi connectivity index (χ3v) is 3.71. The highest BCUT2D eigenvalue weighted by Gasteiger charge is 2.15. The second-order valence-corrected chi connectivity index (χ2v) is 5.31. The van der Waals surface area contributed by atoms with Gasteiger partial charge in [-0.15, -0.1) is 0 Å². The Labute approximate surface area is 140 Å². The molecule has 2 aromatic carbocycles. The molecular weight excluding hydrogens is 302 g/mol. The molecule has 0 aliphatic heterocycles. The van der Waals surface area contributed by atoms with Crippen LogP contribution in [0.4, 0.5) is 5.88 Å². The molecule has 0 saturated carbocycles. The average Bonchev–Trinajstić information content (AvgIpc) is 3.04. The molecule has 0 amide bonds. The van der Waals surface area contributed by atoms with E-state index in [1.54, 1.807) is 0 Å². The molecule has 5 heteroatoms. The minimum atomic E-state index is 0.273. The first-order valence-electron chi connectivity index (χ1n) is 8.04. The van der Waals surface area contributed by atoms with E-state index in [-0.39, 0.29) is 5.69 Å². The van der Waals surface area contributed by atoms with Crippen molar-refractivity contribution in [1.82, 2.24) is 4.98 Å². The minimum absolute atomic E-state index is 0.273. The molecule has 0 spiro atoms. The summed E-state index contributed by atoms with van der Waals surface area (Å²) in [5, 5.41) is 14.6. The zero-order valence-electron chi connectivity index (χ0n) is 13.6. The lowest BCUT2D eigenvalue weighted by Crippen LogP contribution is -2.05. The Balaban J connectivity index is 1.85. The van der Waals surface area contributed by atoms with Crippen molar-refractivity contribution in [3.63, 3.8) is 0 Å². The van der Waals surface area contributed by atoms with Gasteiger partial charge in [0.2, 0.25) is 17.5 Å². The van der Waals surface area contributed by atoms with Gasteiger partial charge in [0, 0.05) is 25.3 Å². The van der Waals surface area contributed by atoms with Gasteiger partial charge in [-0.25, -0.2) is 0 Å². The van der Waals surface area contributed by atoms with Crippen LogP contribution in [0, 0.1) is 11.3 Å². The number of benzene rings is 2. The molecule has 0 bridgehead atoms. The van der Waals surface area contributed by atoms with Gasteiger partial charge in [-0.05, 0) is 30.2 Å². The maximum absolute atomic E-state index is 9.30. The van der Waals surface area contributed by atoms with E-state index in [2.05, 4.69) is 16.4 Å². The lowest BCUT2D eigenvalue weighted by molar-refractivity contribution is 0.147. The van der Waals surface area contributed by atoms with Crippen molar-refractivity contribution in [2.24, 2.45) is 0 Å². The number of oxazole rings is 1. The molecule has 5 nitrogen and oxygen atoms in total. The molecule has 1 N–H and O–H groups in total. The van der Waals surface area contributed by atoms with Crippen LogP contribution in [0.3, 0.4) is 0 Å². The summed E-state index contributed by atoms with van der Waals surface area (Å²) in [4.78, 5) is 4.34. The third kappa shape index (κ3) is 3.39. The van der Waals surface area contributed by atoms with Gasteiger partial charge >= 0.3 is 0 Å². The fourth-order valence-electron chi connectivity index (χ4n) is 2.56. The standard InChI is InChI=1S/C19H19N3O2/c1-2-23-12-6-11-21-19-17(13-20)22-18(24-19)16-10-5-8-14-7-3-4-9-15(14)16/h3-5,7-10,21H,2,6,11-12H2,1H3. The molecule has 0 aliphatic carbocycles. The van der Waals surface area contributed by atoms with Gasteiger partial charge in [0.05, 0.1) is 0 Å². The second kappa shape index (κ2) is 7.62. The summed E-state index contributed by atoms with van der Waals surface area (Å²) in [5.41, 5.74) is 1.15. The Morgan fingerprint density at radius 1 is 1.21 bits per heavy atom. The number of hydrogen-bond acceptors (Lipinski definition) is 5. The van der Waals surface area contributed by atoms with Crippen LogP contribution in [0.5, 0.6) is 0 Å². The predicted octanol–water partition coefficient (Wildman–Crippen LogP) is 4.20. The number of hydrogen-bond donors (Lipinski definition) is 1. The molecule has 1 aromatic heterocycles. The number of aromatic nitrogens is 1. The van der Waals surface area contributed by atoms with Crippen molar-refractivity contribution in [2.75, 3.05) is 25.1 Å². The molecule has 0 aliphatic rings. The minimum Gasteiger partial charge on any atom is -0.419 e. The summed E-state index contributed by atoms with van der Waals surface area (Å²) < 4.78 is 11.1. The Bertz CT molecular complexity index is 859. The maximum atomic E-state index is 9.30. The van der Waals surface area contributed by atoms with Crippen LogP contribution in [0.15, 0.2) is 46.9 Å². The summed E-state index contributed by atoms with van der Waals surface area (Å²) in [6, 6.07) is 16.1. The summed E-state index contributed by atoms with van der Waals surface area (Å²) >= 11 is 0. The highest BCUT2D eigenvalue weighted by Crippen LogP contribution is 2.31. The molecule has 1 heterocycles. The molecule has 0 unspecified atom stereocenters. The topological polar surface area (TPSA) is 71.1 Å². The zero-order chi connectivity index (χ0) is 16.8. The molecule has 0 radical (unpaired) electrons. The number of nitrogens with one attached hydrogen (secondary N) is 1.